The molecule has 3 nitrogen and oxygen atoms in total. The van der Waals surface area contributed by atoms with Gasteiger partial charge in [0.25, 0.3) is 0 Å². The van der Waals surface area contributed by atoms with E-state index in [1.165, 1.54) is 10.9 Å². The third kappa shape index (κ3) is 4.38. The van der Waals surface area contributed by atoms with E-state index in [2.05, 4.69) is 17.3 Å². The summed E-state index contributed by atoms with van der Waals surface area (Å²) in [6.45, 7) is 5.30. The lowest BCUT2D eigenvalue weighted by molar-refractivity contribution is -0.141. The minimum atomic E-state index is -4.36. The average molecular weight is 249 g/mol. The molecule has 0 saturated heterocycles. The van der Waals surface area contributed by atoms with Gasteiger partial charge in [0.1, 0.15) is 0 Å². The zero-order valence-electron chi connectivity index (χ0n) is 10.1. The maximum Gasteiger partial charge on any atom is 0.435 e. The van der Waals surface area contributed by atoms with Gasteiger partial charge in [0, 0.05) is 12.2 Å². The Labute approximate surface area is 99.0 Å². The second kappa shape index (κ2) is 6.05. The fourth-order valence-corrected chi connectivity index (χ4v) is 1.74. The summed E-state index contributed by atoms with van der Waals surface area (Å²) in [6.07, 6.45) is -1.06. The maximum absolute atomic E-state index is 12.3. The van der Waals surface area contributed by atoms with E-state index in [1.807, 2.05) is 6.92 Å². The lowest BCUT2D eigenvalue weighted by Crippen LogP contribution is -2.33. The van der Waals surface area contributed by atoms with Crippen molar-refractivity contribution in [3.8, 4) is 0 Å². The number of nitrogens with one attached hydrogen (secondary N) is 1. The number of nitrogens with zero attached hydrogens (tertiary/aromatic N) is 2. The summed E-state index contributed by atoms with van der Waals surface area (Å²) in [7, 11) is 0. The van der Waals surface area contributed by atoms with E-state index >= 15 is 0 Å². The smallest absolute Gasteiger partial charge is 0.312 e. The van der Waals surface area contributed by atoms with Crippen molar-refractivity contribution in [3.63, 3.8) is 0 Å². The number of halogens is 3. The number of hydrogen-bond acceptors (Lipinski definition) is 2. The van der Waals surface area contributed by atoms with Crippen molar-refractivity contribution in [2.24, 2.45) is 0 Å². The quantitative estimate of drug-likeness (QED) is 0.840. The Morgan fingerprint density at radius 2 is 2.12 bits per heavy atom. The highest BCUT2D eigenvalue weighted by Crippen LogP contribution is 2.27. The fraction of sp³-hybridized carbons (Fsp3) is 0.727. The molecule has 1 aromatic heterocycles. The second-order valence-corrected chi connectivity index (χ2v) is 3.96. The van der Waals surface area contributed by atoms with E-state index in [1.54, 1.807) is 0 Å². The van der Waals surface area contributed by atoms with Crippen LogP contribution in [0.1, 0.15) is 32.4 Å². The number of hydrogen-bond donors (Lipinski definition) is 1. The average Bonchev–Trinajstić information content (AvgIpc) is 2.66. The molecular formula is C11H18F3N3. The molecule has 0 aromatic carbocycles. The number of alkyl halides is 3. The predicted octanol–water partition coefficient (Wildman–Crippen LogP) is 2.68. The summed E-state index contributed by atoms with van der Waals surface area (Å²) in [5.41, 5.74) is -0.829. The standard InChI is InChI=1S/C11H18F3N3/c1-3-5-9(15-4-2)8-17-7-6-10(16-17)11(12,13)14/h6-7,9,15H,3-5,8H2,1-2H3. The molecule has 1 aromatic rings. The minimum absolute atomic E-state index is 0.172. The van der Waals surface area contributed by atoms with Crippen molar-refractivity contribution in [1.29, 1.82) is 0 Å². The molecule has 6 heteroatoms. The molecule has 0 fully saturated rings. The zero-order valence-corrected chi connectivity index (χ0v) is 10.1. The van der Waals surface area contributed by atoms with Crippen molar-refractivity contribution < 1.29 is 13.2 Å². The summed E-state index contributed by atoms with van der Waals surface area (Å²) in [5, 5.41) is 6.78. The lowest BCUT2D eigenvalue weighted by atomic mass is 10.1. The number of rotatable bonds is 6. The van der Waals surface area contributed by atoms with Gasteiger partial charge in [0.2, 0.25) is 0 Å². The highest BCUT2D eigenvalue weighted by atomic mass is 19.4. The molecule has 17 heavy (non-hydrogen) atoms. The first kappa shape index (κ1) is 14.0. The molecule has 1 atom stereocenters. The van der Waals surface area contributed by atoms with E-state index in [9.17, 15) is 13.2 Å². The third-order valence-electron chi connectivity index (χ3n) is 2.47. The van der Waals surface area contributed by atoms with Crippen molar-refractivity contribution in [3.05, 3.63) is 18.0 Å². The molecule has 0 aliphatic rings. The molecule has 0 aliphatic heterocycles. The van der Waals surface area contributed by atoms with Gasteiger partial charge in [-0.1, -0.05) is 20.3 Å². The van der Waals surface area contributed by atoms with Crippen LogP contribution in [0.5, 0.6) is 0 Å². The van der Waals surface area contributed by atoms with Gasteiger partial charge in [-0.05, 0) is 19.0 Å². The van der Waals surface area contributed by atoms with Crippen LogP contribution >= 0.6 is 0 Å². The zero-order chi connectivity index (χ0) is 12.9. The molecule has 0 aliphatic carbocycles. The van der Waals surface area contributed by atoms with Crippen molar-refractivity contribution in [2.75, 3.05) is 6.54 Å². The van der Waals surface area contributed by atoms with Crippen LogP contribution in [0.2, 0.25) is 0 Å². The molecule has 1 heterocycles. The molecular weight excluding hydrogens is 231 g/mol. The highest BCUT2D eigenvalue weighted by molar-refractivity contribution is 5.03. The molecule has 1 N–H and O–H groups in total. The molecule has 0 bridgehead atoms. The van der Waals surface area contributed by atoms with Crippen molar-refractivity contribution in [2.45, 2.75) is 45.5 Å². The largest absolute Gasteiger partial charge is 0.435 e. The van der Waals surface area contributed by atoms with Gasteiger partial charge in [-0.15, -0.1) is 0 Å². The van der Waals surface area contributed by atoms with Crippen LogP contribution in [0.15, 0.2) is 12.3 Å². The van der Waals surface area contributed by atoms with Gasteiger partial charge in [0.15, 0.2) is 5.69 Å². The van der Waals surface area contributed by atoms with Gasteiger partial charge in [-0.3, -0.25) is 4.68 Å². The Bertz CT molecular complexity index is 327. The Kier molecular flexibility index (Phi) is 4.99. The SMILES string of the molecule is CCCC(Cn1ccc(C(F)(F)F)n1)NCC. The van der Waals surface area contributed by atoms with Crippen LogP contribution in [0.3, 0.4) is 0 Å². The van der Waals surface area contributed by atoms with E-state index in [0.717, 1.165) is 25.5 Å². The van der Waals surface area contributed by atoms with Gasteiger partial charge in [-0.2, -0.15) is 18.3 Å². The number of aromatic nitrogens is 2. The van der Waals surface area contributed by atoms with E-state index in [0.29, 0.717) is 6.54 Å². The molecule has 98 valence electrons. The fourth-order valence-electron chi connectivity index (χ4n) is 1.74. The van der Waals surface area contributed by atoms with E-state index in [-0.39, 0.29) is 6.04 Å². The minimum Gasteiger partial charge on any atom is -0.312 e. The van der Waals surface area contributed by atoms with Gasteiger partial charge in [0.05, 0.1) is 6.54 Å². The summed E-state index contributed by atoms with van der Waals surface area (Å²) in [4.78, 5) is 0. The third-order valence-corrected chi connectivity index (χ3v) is 2.47. The Morgan fingerprint density at radius 1 is 1.41 bits per heavy atom. The first-order chi connectivity index (χ1) is 7.97. The summed E-state index contributed by atoms with van der Waals surface area (Å²) >= 11 is 0. The first-order valence-electron chi connectivity index (χ1n) is 5.81. The molecule has 1 rings (SSSR count). The highest BCUT2D eigenvalue weighted by Gasteiger charge is 2.33. The topological polar surface area (TPSA) is 29.9 Å². The molecule has 0 spiro atoms. The summed E-state index contributed by atoms with van der Waals surface area (Å²) in [5.74, 6) is 0. The van der Waals surface area contributed by atoms with Crippen LogP contribution in [-0.4, -0.2) is 22.4 Å². The van der Waals surface area contributed by atoms with Crippen LogP contribution in [0.4, 0.5) is 13.2 Å². The Morgan fingerprint density at radius 3 is 2.59 bits per heavy atom. The van der Waals surface area contributed by atoms with Gasteiger partial charge < -0.3 is 5.32 Å². The molecule has 0 amide bonds. The predicted molar refractivity (Wildman–Crippen MR) is 59.6 cm³/mol. The second-order valence-electron chi connectivity index (χ2n) is 3.96. The van der Waals surface area contributed by atoms with Crippen LogP contribution in [0.25, 0.3) is 0 Å². The van der Waals surface area contributed by atoms with Crippen molar-refractivity contribution in [1.82, 2.24) is 15.1 Å². The van der Waals surface area contributed by atoms with E-state index < -0.39 is 11.9 Å². The van der Waals surface area contributed by atoms with Crippen LogP contribution in [-0.2, 0) is 12.7 Å². The Balaban J connectivity index is 2.63. The van der Waals surface area contributed by atoms with Gasteiger partial charge in [-0.25, -0.2) is 0 Å². The molecule has 0 radical (unpaired) electrons. The van der Waals surface area contributed by atoms with Crippen molar-refractivity contribution >= 4 is 0 Å². The lowest BCUT2D eigenvalue weighted by Gasteiger charge is -2.16. The summed E-state index contributed by atoms with van der Waals surface area (Å²) in [6, 6.07) is 1.18. The van der Waals surface area contributed by atoms with Crippen LogP contribution < -0.4 is 5.32 Å². The van der Waals surface area contributed by atoms with E-state index in [4.69, 9.17) is 0 Å². The number of likely N-dealkylation sites (N-methyl/N-ethyl adjacent to an activating group) is 1. The van der Waals surface area contributed by atoms with Gasteiger partial charge >= 0.3 is 6.18 Å². The van der Waals surface area contributed by atoms with Crippen LogP contribution in [0, 0.1) is 0 Å². The monoisotopic (exact) mass is 249 g/mol. The Hall–Kier alpha value is -1.04. The molecule has 0 saturated carbocycles. The summed E-state index contributed by atoms with van der Waals surface area (Å²) < 4.78 is 38.4. The first-order valence-corrected chi connectivity index (χ1v) is 5.81. The normalized spacial score (nSPS) is 13.9. The maximum atomic E-state index is 12.3. The molecule has 1 unspecified atom stereocenters.